The molecule has 0 radical (unpaired) electrons. The minimum atomic E-state index is -1.28. The maximum atomic E-state index is 13.1. The van der Waals surface area contributed by atoms with E-state index in [2.05, 4.69) is 5.32 Å². The second-order valence-electron chi connectivity index (χ2n) is 6.78. The second kappa shape index (κ2) is 10.0. The highest BCUT2D eigenvalue weighted by molar-refractivity contribution is 5.78. The molecule has 0 bridgehead atoms. The quantitative estimate of drug-likeness (QED) is 0.371. The summed E-state index contributed by atoms with van der Waals surface area (Å²) in [7, 11) is 0. The van der Waals surface area contributed by atoms with Gasteiger partial charge in [0, 0.05) is 13.1 Å². The van der Waals surface area contributed by atoms with Crippen LogP contribution in [0.4, 0.5) is 8.78 Å². The predicted molar refractivity (Wildman–Crippen MR) is 92.8 cm³/mol. The molecule has 1 aromatic rings. The van der Waals surface area contributed by atoms with E-state index in [-0.39, 0.29) is 25.5 Å². The van der Waals surface area contributed by atoms with E-state index in [1.165, 1.54) is 6.07 Å². The number of halogens is 2. The van der Waals surface area contributed by atoms with E-state index < -0.39 is 36.0 Å². The lowest BCUT2D eigenvalue weighted by molar-refractivity contribution is -0.145. The SMILES string of the molecule is O=C(Cc1ccc(F)c(F)c1)NCCCCN1C[C@H](O)[C@@H](O)[C@H](O)[C@H]1CO. The van der Waals surface area contributed by atoms with Crippen molar-refractivity contribution in [2.75, 3.05) is 26.2 Å². The van der Waals surface area contributed by atoms with Gasteiger partial charge >= 0.3 is 0 Å². The first-order valence-electron chi connectivity index (χ1n) is 8.93. The number of aliphatic hydroxyl groups excluding tert-OH is 4. The van der Waals surface area contributed by atoms with Gasteiger partial charge in [0.25, 0.3) is 0 Å². The minimum absolute atomic E-state index is 0.0494. The van der Waals surface area contributed by atoms with Crippen molar-refractivity contribution in [2.24, 2.45) is 0 Å². The smallest absolute Gasteiger partial charge is 0.224 e. The Bertz CT molecular complexity index is 634. The highest BCUT2D eigenvalue weighted by atomic mass is 19.2. The average Bonchev–Trinajstić information content (AvgIpc) is 2.63. The van der Waals surface area contributed by atoms with E-state index in [0.29, 0.717) is 31.5 Å². The van der Waals surface area contributed by atoms with E-state index in [4.69, 9.17) is 0 Å². The van der Waals surface area contributed by atoms with Crippen molar-refractivity contribution < 1.29 is 34.0 Å². The van der Waals surface area contributed by atoms with Crippen LogP contribution >= 0.6 is 0 Å². The molecule has 2 rings (SSSR count). The fraction of sp³-hybridized carbons (Fsp3) is 0.611. The van der Waals surface area contributed by atoms with Crippen LogP contribution in [0.15, 0.2) is 18.2 Å². The van der Waals surface area contributed by atoms with Gasteiger partial charge in [-0.05, 0) is 37.1 Å². The number of hydrogen-bond acceptors (Lipinski definition) is 6. The summed E-state index contributed by atoms with van der Waals surface area (Å²) in [6, 6.07) is 2.68. The fourth-order valence-corrected chi connectivity index (χ4v) is 3.20. The van der Waals surface area contributed by atoms with Gasteiger partial charge in [-0.1, -0.05) is 6.07 Å². The van der Waals surface area contributed by atoms with Crippen LogP contribution < -0.4 is 5.32 Å². The highest BCUT2D eigenvalue weighted by Gasteiger charge is 2.40. The van der Waals surface area contributed by atoms with Crippen LogP contribution in [-0.2, 0) is 11.2 Å². The van der Waals surface area contributed by atoms with Gasteiger partial charge in [-0.3, -0.25) is 9.69 Å². The summed E-state index contributed by atoms with van der Waals surface area (Å²) in [5.74, 6) is -2.25. The Morgan fingerprint density at radius 1 is 1.15 bits per heavy atom. The van der Waals surface area contributed by atoms with Crippen LogP contribution in [0.3, 0.4) is 0 Å². The van der Waals surface area contributed by atoms with Crippen LogP contribution in [0.1, 0.15) is 18.4 Å². The van der Waals surface area contributed by atoms with Crippen LogP contribution in [0, 0.1) is 11.6 Å². The van der Waals surface area contributed by atoms with Crippen LogP contribution in [-0.4, -0.2) is 81.8 Å². The van der Waals surface area contributed by atoms with E-state index in [9.17, 15) is 34.0 Å². The molecule has 7 nitrogen and oxygen atoms in total. The number of carbonyl (C=O) groups excluding carboxylic acids is 1. The second-order valence-corrected chi connectivity index (χ2v) is 6.78. The van der Waals surface area contributed by atoms with Crippen molar-refractivity contribution in [3.63, 3.8) is 0 Å². The number of benzene rings is 1. The van der Waals surface area contributed by atoms with Gasteiger partial charge in [0.1, 0.15) is 12.2 Å². The standard InChI is InChI=1S/C18H26F2N2O5/c19-12-4-3-11(7-13(12)20)8-16(25)21-5-1-2-6-22-9-15(24)18(27)17(26)14(22)10-23/h3-4,7,14-15,17-18,23-24,26-27H,1-2,5-6,8-10H2,(H,21,25)/t14-,15+,17-,18-/m1/s1. The van der Waals surface area contributed by atoms with Crippen molar-refractivity contribution in [3.8, 4) is 0 Å². The first kappa shape index (κ1) is 21.6. The van der Waals surface area contributed by atoms with E-state index in [0.717, 1.165) is 12.1 Å². The van der Waals surface area contributed by atoms with Crippen LogP contribution in [0.2, 0.25) is 0 Å². The highest BCUT2D eigenvalue weighted by Crippen LogP contribution is 2.19. The Kier molecular flexibility index (Phi) is 8.06. The predicted octanol–water partition coefficient (Wildman–Crippen LogP) is -0.837. The molecule has 0 spiro atoms. The van der Waals surface area contributed by atoms with E-state index in [1.807, 2.05) is 0 Å². The molecule has 1 heterocycles. The maximum absolute atomic E-state index is 13.1. The van der Waals surface area contributed by atoms with Crippen LogP contribution in [0.5, 0.6) is 0 Å². The van der Waals surface area contributed by atoms with Gasteiger partial charge < -0.3 is 25.7 Å². The lowest BCUT2D eigenvalue weighted by atomic mass is 9.94. The number of β-amino-alcohol motifs (C(OH)–C–C–N with tert-alkyl or cyclic N) is 1. The molecule has 4 atom stereocenters. The number of hydrogen-bond donors (Lipinski definition) is 5. The first-order chi connectivity index (χ1) is 12.8. The number of carbonyl (C=O) groups is 1. The Hall–Kier alpha value is -1.65. The lowest BCUT2D eigenvalue weighted by Gasteiger charge is -2.43. The molecule has 9 heteroatoms. The summed E-state index contributed by atoms with van der Waals surface area (Å²) < 4.78 is 26.0. The van der Waals surface area contributed by atoms with Gasteiger partial charge in [-0.15, -0.1) is 0 Å². The molecular weight excluding hydrogens is 362 g/mol. The Morgan fingerprint density at radius 2 is 1.89 bits per heavy atom. The molecule has 0 unspecified atom stereocenters. The maximum Gasteiger partial charge on any atom is 0.224 e. The molecule has 27 heavy (non-hydrogen) atoms. The molecule has 1 aromatic carbocycles. The fourth-order valence-electron chi connectivity index (χ4n) is 3.20. The van der Waals surface area contributed by atoms with Gasteiger partial charge in [0.05, 0.1) is 25.2 Å². The third kappa shape index (κ3) is 5.91. The van der Waals surface area contributed by atoms with Crippen molar-refractivity contribution in [1.82, 2.24) is 10.2 Å². The van der Waals surface area contributed by atoms with Crippen molar-refractivity contribution >= 4 is 5.91 Å². The summed E-state index contributed by atoms with van der Waals surface area (Å²) in [6.45, 7) is 0.667. The van der Waals surface area contributed by atoms with Crippen molar-refractivity contribution in [2.45, 2.75) is 43.6 Å². The largest absolute Gasteiger partial charge is 0.395 e. The number of rotatable bonds is 8. The summed E-state index contributed by atoms with van der Waals surface area (Å²) in [6.07, 6.45) is -2.39. The number of unbranched alkanes of at least 4 members (excludes halogenated alkanes) is 1. The summed E-state index contributed by atoms with van der Waals surface area (Å²) >= 11 is 0. The van der Waals surface area contributed by atoms with Gasteiger partial charge in [-0.2, -0.15) is 0 Å². The Balaban J connectivity index is 1.68. The Labute approximate surface area is 156 Å². The monoisotopic (exact) mass is 388 g/mol. The van der Waals surface area contributed by atoms with E-state index in [1.54, 1.807) is 4.90 Å². The van der Waals surface area contributed by atoms with E-state index >= 15 is 0 Å². The van der Waals surface area contributed by atoms with Crippen molar-refractivity contribution in [3.05, 3.63) is 35.4 Å². The van der Waals surface area contributed by atoms with Crippen molar-refractivity contribution in [1.29, 1.82) is 0 Å². The molecule has 5 N–H and O–H groups in total. The van der Waals surface area contributed by atoms with Gasteiger partial charge in [0.2, 0.25) is 5.91 Å². The molecule has 0 aliphatic carbocycles. The average molecular weight is 388 g/mol. The zero-order chi connectivity index (χ0) is 20.0. The molecule has 1 aliphatic heterocycles. The molecule has 1 saturated heterocycles. The Morgan fingerprint density at radius 3 is 2.56 bits per heavy atom. The summed E-state index contributed by atoms with van der Waals surface area (Å²) in [5.41, 5.74) is 0.382. The molecule has 0 saturated carbocycles. The van der Waals surface area contributed by atoms with Gasteiger partial charge in [-0.25, -0.2) is 8.78 Å². The van der Waals surface area contributed by atoms with Gasteiger partial charge in [0.15, 0.2) is 11.6 Å². The molecule has 1 fully saturated rings. The molecule has 1 aliphatic rings. The summed E-state index contributed by atoms with van der Waals surface area (Å²) in [4.78, 5) is 13.5. The number of likely N-dealkylation sites (tertiary alicyclic amines) is 1. The molecular formula is C18H26F2N2O5. The molecule has 1 amide bonds. The van der Waals surface area contributed by atoms with Crippen LogP contribution in [0.25, 0.3) is 0 Å². The minimum Gasteiger partial charge on any atom is -0.395 e. The third-order valence-corrected chi connectivity index (χ3v) is 4.76. The number of aliphatic hydroxyl groups is 4. The topological polar surface area (TPSA) is 113 Å². The zero-order valence-corrected chi connectivity index (χ0v) is 14.9. The number of piperidine rings is 1. The zero-order valence-electron chi connectivity index (χ0n) is 14.9. The summed E-state index contributed by atoms with van der Waals surface area (Å²) in [5, 5.41) is 41.4. The number of amides is 1. The first-order valence-corrected chi connectivity index (χ1v) is 8.93. The third-order valence-electron chi connectivity index (χ3n) is 4.76. The normalized spacial score (nSPS) is 26.1. The molecule has 0 aromatic heterocycles. The molecule has 152 valence electrons. The number of nitrogens with zero attached hydrogens (tertiary/aromatic N) is 1. The number of nitrogens with one attached hydrogen (secondary N) is 1. The lowest BCUT2D eigenvalue weighted by Crippen LogP contribution is -2.62.